The average molecular weight is 333 g/mol. The Morgan fingerprint density at radius 2 is 1.73 bits per heavy atom. The Morgan fingerprint density at radius 3 is 2.18 bits per heavy atom. The van der Waals surface area contributed by atoms with Gasteiger partial charge in [-0.25, -0.2) is 0 Å². The van der Waals surface area contributed by atoms with Gasteiger partial charge in [0, 0.05) is 0 Å². The molecule has 1 aliphatic heterocycles. The Balaban J connectivity index is 2.75. The molecule has 0 aromatic rings. The minimum atomic E-state index is -1.95. The molecule has 0 bridgehead atoms. The lowest BCUT2D eigenvalue weighted by Gasteiger charge is -2.37. The van der Waals surface area contributed by atoms with Gasteiger partial charge < -0.3 is 24.1 Å². The van der Waals surface area contributed by atoms with E-state index in [4.69, 9.17) is 13.9 Å². The molecule has 1 unspecified atom stereocenters. The van der Waals surface area contributed by atoms with E-state index in [2.05, 4.69) is 40.4 Å². The number of hydrogen-bond donors (Lipinski definition) is 2. The molecule has 1 fully saturated rings. The lowest BCUT2D eigenvalue weighted by Crippen LogP contribution is -2.48. The van der Waals surface area contributed by atoms with E-state index in [1.807, 2.05) is 0 Å². The summed E-state index contributed by atoms with van der Waals surface area (Å²) in [6.07, 6.45) is -1.66. The van der Waals surface area contributed by atoms with Crippen molar-refractivity contribution < 1.29 is 24.1 Å². The maximum absolute atomic E-state index is 10.5. The predicted octanol–water partition coefficient (Wildman–Crippen LogP) is 2.44. The Kier molecular flexibility index (Phi) is 6.04. The van der Waals surface area contributed by atoms with Gasteiger partial charge in [0.1, 0.15) is 24.4 Å². The summed E-state index contributed by atoms with van der Waals surface area (Å²) in [5.74, 6) is -0.850. The van der Waals surface area contributed by atoms with Crippen molar-refractivity contribution in [2.45, 2.75) is 83.0 Å². The number of rotatable bonds is 6. The molecular formula is C16H32O5Si. The molecule has 0 aromatic carbocycles. The molecule has 130 valence electrons. The highest BCUT2D eigenvalue weighted by Gasteiger charge is 2.48. The van der Waals surface area contributed by atoms with Crippen LogP contribution in [0.5, 0.6) is 0 Å². The van der Waals surface area contributed by atoms with Crippen LogP contribution >= 0.6 is 0 Å². The minimum absolute atomic E-state index is 0.0685. The molecule has 0 saturated carbocycles. The summed E-state index contributed by atoms with van der Waals surface area (Å²) >= 11 is 0. The zero-order valence-corrected chi connectivity index (χ0v) is 15.9. The maximum atomic E-state index is 10.5. The molecule has 6 heteroatoms. The summed E-state index contributed by atoms with van der Waals surface area (Å²) in [6.45, 7) is 18.0. The fourth-order valence-corrected chi connectivity index (χ4v) is 3.14. The van der Waals surface area contributed by atoms with Crippen LogP contribution < -0.4 is 0 Å². The highest BCUT2D eigenvalue weighted by atomic mass is 28.4. The molecule has 0 spiro atoms. The van der Waals surface area contributed by atoms with Crippen molar-refractivity contribution >= 4 is 8.32 Å². The van der Waals surface area contributed by atoms with E-state index in [1.54, 1.807) is 13.8 Å². The van der Waals surface area contributed by atoms with E-state index < -0.39 is 38.5 Å². The van der Waals surface area contributed by atoms with Gasteiger partial charge in [-0.1, -0.05) is 26.8 Å². The quantitative estimate of drug-likeness (QED) is 0.577. The van der Waals surface area contributed by atoms with Crippen molar-refractivity contribution in [2.24, 2.45) is 0 Å². The zero-order chi connectivity index (χ0) is 17.3. The second kappa shape index (κ2) is 6.71. The molecule has 0 aliphatic carbocycles. The van der Waals surface area contributed by atoms with Gasteiger partial charge in [0.15, 0.2) is 14.1 Å². The topological polar surface area (TPSA) is 68.2 Å². The molecule has 1 saturated heterocycles. The molecule has 4 atom stereocenters. The van der Waals surface area contributed by atoms with Crippen LogP contribution in [0, 0.1) is 0 Å². The molecule has 2 N–H and O–H groups in total. The fourth-order valence-electron chi connectivity index (χ4n) is 2.12. The molecular weight excluding hydrogens is 300 g/mol. The summed E-state index contributed by atoms with van der Waals surface area (Å²) in [5.41, 5.74) is 0. The molecule has 0 radical (unpaired) electrons. The van der Waals surface area contributed by atoms with Gasteiger partial charge in [0.25, 0.3) is 0 Å². The Hall–Kier alpha value is -0.243. The lowest BCUT2D eigenvalue weighted by molar-refractivity contribution is -0.160. The van der Waals surface area contributed by atoms with Crippen molar-refractivity contribution in [3.05, 3.63) is 12.7 Å². The van der Waals surface area contributed by atoms with Crippen LogP contribution in [-0.4, -0.2) is 55.3 Å². The van der Waals surface area contributed by atoms with E-state index in [-0.39, 0.29) is 11.6 Å². The summed E-state index contributed by atoms with van der Waals surface area (Å²) in [7, 11) is -1.95. The molecule has 22 heavy (non-hydrogen) atoms. The Bertz CT molecular complexity index is 388. The van der Waals surface area contributed by atoms with Gasteiger partial charge in [-0.3, -0.25) is 0 Å². The van der Waals surface area contributed by atoms with Crippen molar-refractivity contribution in [2.75, 3.05) is 6.61 Å². The first-order chi connectivity index (χ1) is 9.81. The maximum Gasteiger partial charge on any atom is 0.192 e. The first-order valence-corrected chi connectivity index (χ1v) is 10.7. The summed E-state index contributed by atoms with van der Waals surface area (Å²) in [6, 6.07) is 0. The van der Waals surface area contributed by atoms with E-state index in [1.165, 1.54) is 6.08 Å². The third kappa shape index (κ3) is 4.63. The Morgan fingerprint density at radius 1 is 1.23 bits per heavy atom. The van der Waals surface area contributed by atoms with Crippen LogP contribution in [0.1, 0.15) is 34.6 Å². The summed E-state index contributed by atoms with van der Waals surface area (Å²) < 4.78 is 17.5. The third-order valence-electron chi connectivity index (χ3n) is 4.54. The second-order valence-corrected chi connectivity index (χ2v) is 12.7. The van der Waals surface area contributed by atoms with Gasteiger partial charge in [0.2, 0.25) is 0 Å². The molecule has 5 nitrogen and oxygen atoms in total. The largest absolute Gasteiger partial charge is 0.414 e. The number of aliphatic hydroxyl groups is 2. The SMILES string of the molecule is C=C[C@@H](O)C1OC(C)(C)O[C@H]1[C@H](O)CO[Si](C)(C)C(C)(C)C. The zero-order valence-electron chi connectivity index (χ0n) is 14.9. The fraction of sp³-hybridized carbons (Fsp3) is 0.875. The number of hydrogen-bond acceptors (Lipinski definition) is 5. The number of aliphatic hydroxyl groups excluding tert-OH is 2. The van der Waals surface area contributed by atoms with Gasteiger partial charge in [-0.05, 0) is 32.0 Å². The molecule has 1 heterocycles. The monoisotopic (exact) mass is 332 g/mol. The second-order valence-electron chi connectivity index (χ2n) is 7.93. The molecule has 1 rings (SSSR count). The van der Waals surface area contributed by atoms with Crippen LogP contribution in [0.3, 0.4) is 0 Å². The van der Waals surface area contributed by atoms with Crippen molar-refractivity contribution in [1.29, 1.82) is 0 Å². The number of ether oxygens (including phenoxy) is 2. The van der Waals surface area contributed by atoms with Crippen molar-refractivity contribution in [1.82, 2.24) is 0 Å². The smallest absolute Gasteiger partial charge is 0.192 e. The summed E-state index contributed by atoms with van der Waals surface area (Å²) in [5, 5.41) is 20.5. The van der Waals surface area contributed by atoms with Crippen LogP contribution in [0.4, 0.5) is 0 Å². The normalized spacial score (nSPS) is 28.4. The van der Waals surface area contributed by atoms with Gasteiger partial charge in [0.05, 0.1) is 6.61 Å². The highest BCUT2D eigenvalue weighted by molar-refractivity contribution is 6.74. The van der Waals surface area contributed by atoms with Gasteiger partial charge >= 0.3 is 0 Å². The van der Waals surface area contributed by atoms with Gasteiger partial charge in [-0.15, -0.1) is 6.58 Å². The lowest BCUT2D eigenvalue weighted by atomic mass is 10.0. The molecule has 0 aromatic heterocycles. The Labute approximate surface area is 135 Å². The average Bonchev–Trinajstić information content (AvgIpc) is 2.70. The van der Waals surface area contributed by atoms with Crippen LogP contribution in [0.15, 0.2) is 12.7 Å². The third-order valence-corrected chi connectivity index (χ3v) is 9.04. The summed E-state index contributed by atoms with van der Waals surface area (Å²) in [4.78, 5) is 0. The standard InChI is InChI=1S/C16H32O5Si/c1-9-11(17)13-14(21-16(5,6)20-13)12(18)10-19-22(7,8)15(2,3)4/h9,11-14,17-18H,1,10H2,2-8H3/t11-,12-,13?,14+/m1/s1. The van der Waals surface area contributed by atoms with E-state index in [0.717, 1.165) is 0 Å². The van der Waals surface area contributed by atoms with Crippen molar-refractivity contribution in [3.63, 3.8) is 0 Å². The predicted molar refractivity (Wildman–Crippen MR) is 89.2 cm³/mol. The van der Waals surface area contributed by atoms with Crippen LogP contribution in [0.25, 0.3) is 0 Å². The highest BCUT2D eigenvalue weighted by Crippen LogP contribution is 2.37. The van der Waals surface area contributed by atoms with Crippen molar-refractivity contribution in [3.8, 4) is 0 Å². The van der Waals surface area contributed by atoms with E-state index in [9.17, 15) is 10.2 Å². The van der Waals surface area contributed by atoms with Crippen LogP contribution in [0.2, 0.25) is 18.1 Å². The molecule has 1 aliphatic rings. The molecule has 0 amide bonds. The van der Waals surface area contributed by atoms with E-state index in [0.29, 0.717) is 0 Å². The van der Waals surface area contributed by atoms with Crippen LogP contribution in [-0.2, 0) is 13.9 Å². The minimum Gasteiger partial charge on any atom is -0.414 e. The van der Waals surface area contributed by atoms with Gasteiger partial charge in [-0.2, -0.15) is 0 Å². The first kappa shape index (κ1) is 19.8. The van der Waals surface area contributed by atoms with E-state index >= 15 is 0 Å². The first-order valence-electron chi connectivity index (χ1n) is 7.79.